The minimum atomic E-state index is -0.400. The minimum absolute atomic E-state index is 0.400. The summed E-state index contributed by atoms with van der Waals surface area (Å²) in [5.74, 6) is 0. The van der Waals surface area contributed by atoms with Gasteiger partial charge in [-0.05, 0) is 38.8 Å². The van der Waals surface area contributed by atoms with Gasteiger partial charge in [0.15, 0.2) is 0 Å². The fourth-order valence-electron chi connectivity index (χ4n) is 2.75. The Morgan fingerprint density at radius 1 is 1.13 bits per heavy atom. The molecule has 0 bridgehead atoms. The highest BCUT2D eigenvalue weighted by Gasteiger charge is 2.29. The van der Waals surface area contributed by atoms with Crippen LogP contribution in [0.3, 0.4) is 0 Å². The fraction of sp³-hybridized carbons (Fsp3) is 1.00. The van der Waals surface area contributed by atoms with E-state index < -0.39 is 5.60 Å². The van der Waals surface area contributed by atoms with Gasteiger partial charge in [-0.15, -0.1) is 0 Å². The summed E-state index contributed by atoms with van der Waals surface area (Å²) in [7, 11) is 0. The van der Waals surface area contributed by atoms with Gasteiger partial charge in [0, 0.05) is 12.6 Å². The van der Waals surface area contributed by atoms with Gasteiger partial charge in [-0.3, -0.25) is 0 Å². The van der Waals surface area contributed by atoms with Crippen LogP contribution in [0.5, 0.6) is 0 Å². The summed E-state index contributed by atoms with van der Waals surface area (Å²) in [5.41, 5.74) is -0.400. The van der Waals surface area contributed by atoms with Gasteiger partial charge in [0.05, 0.1) is 5.60 Å². The van der Waals surface area contributed by atoms with Gasteiger partial charge in [-0.25, -0.2) is 0 Å². The second kappa shape index (κ2) is 5.28. The van der Waals surface area contributed by atoms with E-state index in [1.54, 1.807) is 0 Å². The third-order valence-corrected chi connectivity index (χ3v) is 3.84. The van der Waals surface area contributed by atoms with Gasteiger partial charge in [-0.1, -0.05) is 19.3 Å². The van der Waals surface area contributed by atoms with Crippen LogP contribution < -0.4 is 10.6 Å². The number of aliphatic hydroxyl groups is 1. The first-order valence-electron chi connectivity index (χ1n) is 6.45. The molecule has 2 rings (SSSR count). The summed E-state index contributed by atoms with van der Waals surface area (Å²) < 4.78 is 0. The Morgan fingerprint density at radius 3 is 2.47 bits per heavy atom. The van der Waals surface area contributed by atoms with Crippen LogP contribution in [0, 0.1) is 0 Å². The summed E-state index contributed by atoms with van der Waals surface area (Å²) >= 11 is 0. The van der Waals surface area contributed by atoms with Crippen LogP contribution in [-0.4, -0.2) is 36.4 Å². The zero-order valence-electron chi connectivity index (χ0n) is 9.60. The highest BCUT2D eigenvalue weighted by Crippen LogP contribution is 2.27. The SMILES string of the molecule is OC1(CNC2CCNCC2)CCCCC1. The molecule has 3 nitrogen and oxygen atoms in total. The molecule has 0 unspecified atom stereocenters. The molecule has 1 heterocycles. The number of hydrogen-bond donors (Lipinski definition) is 3. The highest BCUT2D eigenvalue weighted by molar-refractivity contribution is 4.86. The van der Waals surface area contributed by atoms with Crippen LogP contribution in [0.2, 0.25) is 0 Å². The van der Waals surface area contributed by atoms with Gasteiger partial charge < -0.3 is 15.7 Å². The van der Waals surface area contributed by atoms with Gasteiger partial charge in [-0.2, -0.15) is 0 Å². The average molecular weight is 212 g/mol. The van der Waals surface area contributed by atoms with Crippen molar-refractivity contribution >= 4 is 0 Å². The standard InChI is InChI=1S/C12H24N2O/c15-12(6-2-1-3-7-12)10-14-11-4-8-13-9-5-11/h11,13-15H,1-10H2. The van der Waals surface area contributed by atoms with Crippen LogP contribution in [0.4, 0.5) is 0 Å². The molecule has 0 spiro atoms. The van der Waals surface area contributed by atoms with E-state index in [9.17, 15) is 5.11 Å². The minimum Gasteiger partial charge on any atom is -0.389 e. The van der Waals surface area contributed by atoms with Gasteiger partial charge >= 0.3 is 0 Å². The van der Waals surface area contributed by atoms with E-state index in [4.69, 9.17) is 0 Å². The van der Waals surface area contributed by atoms with Crippen molar-refractivity contribution in [1.82, 2.24) is 10.6 Å². The number of piperidine rings is 1. The Kier molecular flexibility index (Phi) is 4.00. The number of nitrogens with one attached hydrogen (secondary N) is 2. The van der Waals surface area contributed by atoms with E-state index in [0.29, 0.717) is 6.04 Å². The first-order chi connectivity index (χ1) is 7.29. The first-order valence-corrected chi connectivity index (χ1v) is 6.45. The maximum atomic E-state index is 10.3. The van der Waals surface area contributed by atoms with Crippen molar-refractivity contribution < 1.29 is 5.11 Å². The Bertz CT molecular complexity index is 184. The van der Waals surface area contributed by atoms with Crippen molar-refractivity contribution in [2.24, 2.45) is 0 Å². The second-order valence-corrected chi connectivity index (χ2v) is 5.19. The molecule has 0 atom stereocenters. The molecule has 3 heteroatoms. The lowest BCUT2D eigenvalue weighted by Crippen LogP contribution is -2.48. The summed E-state index contributed by atoms with van der Waals surface area (Å²) in [6.45, 7) is 3.05. The van der Waals surface area contributed by atoms with Gasteiger partial charge in [0.1, 0.15) is 0 Å². The second-order valence-electron chi connectivity index (χ2n) is 5.19. The number of hydrogen-bond acceptors (Lipinski definition) is 3. The predicted molar refractivity (Wildman–Crippen MR) is 61.9 cm³/mol. The zero-order valence-corrected chi connectivity index (χ0v) is 9.60. The fourth-order valence-corrected chi connectivity index (χ4v) is 2.75. The van der Waals surface area contributed by atoms with Crippen molar-refractivity contribution in [2.45, 2.75) is 56.6 Å². The maximum Gasteiger partial charge on any atom is 0.0771 e. The van der Waals surface area contributed by atoms with Crippen LogP contribution >= 0.6 is 0 Å². The number of rotatable bonds is 3. The molecular weight excluding hydrogens is 188 g/mol. The van der Waals surface area contributed by atoms with E-state index >= 15 is 0 Å². The quantitative estimate of drug-likeness (QED) is 0.654. The first kappa shape index (κ1) is 11.4. The lowest BCUT2D eigenvalue weighted by molar-refractivity contribution is 0.00188. The lowest BCUT2D eigenvalue weighted by Gasteiger charge is -2.34. The van der Waals surface area contributed by atoms with Crippen LogP contribution in [0.15, 0.2) is 0 Å². The maximum absolute atomic E-state index is 10.3. The Balaban J connectivity index is 1.70. The van der Waals surface area contributed by atoms with Crippen molar-refractivity contribution in [3.63, 3.8) is 0 Å². The molecule has 1 aliphatic carbocycles. The van der Waals surface area contributed by atoms with Gasteiger partial charge in [0.2, 0.25) is 0 Å². The van der Waals surface area contributed by atoms with Crippen LogP contribution in [-0.2, 0) is 0 Å². The molecule has 0 aromatic heterocycles. The van der Waals surface area contributed by atoms with Crippen molar-refractivity contribution in [3.8, 4) is 0 Å². The summed E-state index contributed by atoms with van der Waals surface area (Å²) in [6, 6.07) is 0.622. The third-order valence-electron chi connectivity index (χ3n) is 3.84. The molecule has 0 aromatic rings. The van der Waals surface area contributed by atoms with Crippen LogP contribution in [0.25, 0.3) is 0 Å². The molecule has 1 saturated carbocycles. The zero-order chi connectivity index (χ0) is 10.6. The molecule has 0 amide bonds. The molecule has 88 valence electrons. The average Bonchev–Trinajstić information content (AvgIpc) is 2.29. The van der Waals surface area contributed by atoms with Crippen molar-refractivity contribution in [1.29, 1.82) is 0 Å². The molecule has 3 N–H and O–H groups in total. The van der Waals surface area contributed by atoms with E-state index in [-0.39, 0.29) is 0 Å². The van der Waals surface area contributed by atoms with E-state index in [1.807, 2.05) is 0 Å². The van der Waals surface area contributed by atoms with Crippen molar-refractivity contribution in [2.75, 3.05) is 19.6 Å². The molecule has 2 fully saturated rings. The Hall–Kier alpha value is -0.120. The summed E-state index contributed by atoms with van der Waals surface area (Å²) in [4.78, 5) is 0. The summed E-state index contributed by atoms with van der Waals surface area (Å²) in [5, 5.41) is 17.2. The topological polar surface area (TPSA) is 44.3 Å². The normalized spacial score (nSPS) is 27.8. The van der Waals surface area contributed by atoms with Crippen LogP contribution in [0.1, 0.15) is 44.9 Å². The molecule has 0 radical (unpaired) electrons. The largest absolute Gasteiger partial charge is 0.389 e. The van der Waals surface area contributed by atoms with E-state index in [2.05, 4.69) is 10.6 Å². The molecular formula is C12H24N2O. The Labute approximate surface area is 92.6 Å². The molecule has 2 aliphatic rings. The van der Waals surface area contributed by atoms with Crippen molar-refractivity contribution in [3.05, 3.63) is 0 Å². The molecule has 0 aromatic carbocycles. The van der Waals surface area contributed by atoms with E-state index in [1.165, 1.54) is 32.1 Å². The molecule has 1 aliphatic heterocycles. The summed E-state index contributed by atoms with van der Waals surface area (Å²) in [6.07, 6.45) is 8.09. The molecule has 15 heavy (non-hydrogen) atoms. The van der Waals surface area contributed by atoms with Gasteiger partial charge in [0.25, 0.3) is 0 Å². The lowest BCUT2D eigenvalue weighted by atomic mass is 9.84. The van der Waals surface area contributed by atoms with E-state index in [0.717, 1.165) is 32.5 Å². The molecule has 1 saturated heterocycles. The predicted octanol–water partition coefficient (Wildman–Crippen LogP) is 1.02. The monoisotopic (exact) mass is 212 g/mol. The Morgan fingerprint density at radius 2 is 1.80 bits per heavy atom. The highest BCUT2D eigenvalue weighted by atomic mass is 16.3. The smallest absolute Gasteiger partial charge is 0.0771 e. The third kappa shape index (κ3) is 3.44.